The third kappa shape index (κ3) is 5.11. The third-order valence-corrected chi connectivity index (χ3v) is 4.00. The number of hydrogen-bond donors (Lipinski definition) is 0. The second kappa shape index (κ2) is 9.50. The van der Waals surface area contributed by atoms with Crippen LogP contribution in [-0.2, 0) is 4.74 Å². The van der Waals surface area contributed by atoms with Crippen molar-refractivity contribution in [1.82, 2.24) is 0 Å². The molecular formula is C19H26F2O3. The molecule has 0 aliphatic carbocycles. The molecule has 0 saturated carbocycles. The summed E-state index contributed by atoms with van der Waals surface area (Å²) >= 11 is 0. The van der Waals surface area contributed by atoms with Crippen LogP contribution in [0.2, 0.25) is 0 Å². The standard InChI is InChI=1S/C19H26F2O3/c1-3-5-6-7-15-9-8-14(12-23-15)13-24-17-11-10-16(22-4-2)18(20)19(17)21/h9-11,14H,3-8,12-13H2,1-2H3. The first-order valence-corrected chi connectivity index (χ1v) is 8.71. The molecule has 0 radical (unpaired) electrons. The van der Waals surface area contributed by atoms with Crippen LogP contribution in [0.4, 0.5) is 8.78 Å². The van der Waals surface area contributed by atoms with E-state index in [9.17, 15) is 8.78 Å². The maximum absolute atomic E-state index is 14.0. The molecule has 0 bridgehead atoms. The Balaban J connectivity index is 1.83. The van der Waals surface area contributed by atoms with E-state index in [-0.39, 0.29) is 24.0 Å². The van der Waals surface area contributed by atoms with Gasteiger partial charge in [0.05, 0.1) is 25.6 Å². The first kappa shape index (κ1) is 18.6. The average molecular weight is 340 g/mol. The highest BCUT2D eigenvalue weighted by molar-refractivity contribution is 5.35. The van der Waals surface area contributed by atoms with Gasteiger partial charge in [-0.1, -0.05) is 19.8 Å². The molecule has 0 saturated heterocycles. The molecule has 1 aliphatic heterocycles. The summed E-state index contributed by atoms with van der Waals surface area (Å²) in [4.78, 5) is 0. The van der Waals surface area contributed by atoms with Crippen molar-refractivity contribution in [3.63, 3.8) is 0 Å². The van der Waals surface area contributed by atoms with Crippen LogP contribution in [0.1, 0.15) is 46.0 Å². The minimum atomic E-state index is -1.01. The van der Waals surface area contributed by atoms with Crippen LogP contribution in [0, 0.1) is 17.6 Å². The van der Waals surface area contributed by atoms with Crippen LogP contribution in [0.5, 0.6) is 11.5 Å². The molecule has 1 heterocycles. The van der Waals surface area contributed by atoms with E-state index in [1.807, 2.05) is 0 Å². The highest BCUT2D eigenvalue weighted by Crippen LogP contribution is 2.28. The van der Waals surface area contributed by atoms with Crippen molar-refractivity contribution in [2.24, 2.45) is 5.92 Å². The van der Waals surface area contributed by atoms with E-state index in [2.05, 4.69) is 13.0 Å². The van der Waals surface area contributed by atoms with E-state index in [4.69, 9.17) is 14.2 Å². The summed E-state index contributed by atoms with van der Waals surface area (Å²) < 4.78 is 43.9. The van der Waals surface area contributed by atoms with Gasteiger partial charge in [0.15, 0.2) is 11.5 Å². The predicted molar refractivity (Wildman–Crippen MR) is 89.3 cm³/mol. The van der Waals surface area contributed by atoms with Gasteiger partial charge < -0.3 is 14.2 Å². The SMILES string of the molecule is CCCCCC1=CCC(COc2ccc(OCC)c(F)c2F)CO1. The van der Waals surface area contributed by atoms with Crippen molar-refractivity contribution in [3.8, 4) is 11.5 Å². The molecule has 0 aromatic heterocycles. The van der Waals surface area contributed by atoms with Crippen molar-refractivity contribution in [3.05, 3.63) is 35.6 Å². The largest absolute Gasteiger partial charge is 0.498 e. The Kier molecular flexibility index (Phi) is 7.35. The molecule has 0 spiro atoms. The Bertz CT molecular complexity index is 558. The minimum Gasteiger partial charge on any atom is -0.498 e. The van der Waals surface area contributed by atoms with Gasteiger partial charge in [-0.25, -0.2) is 0 Å². The lowest BCUT2D eigenvalue weighted by molar-refractivity contribution is 0.104. The van der Waals surface area contributed by atoms with Crippen molar-refractivity contribution < 1.29 is 23.0 Å². The number of unbranched alkanes of at least 4 members (excludes halogenated alkanes) is 2. The van der Waals surface area contributed by atoms with Gasteiger partial charge >= 0.3 is 0 Å². The van der Waals surface area contributed by atoms with Gasteiger partial charge in [0.2, 0.25) is 11.6 Å². The Morgan fingerprint density at radius 1 is 1.08 bits per heavy atom. The highest BCUT2D eigenvalue weighted by Gasteiger charge is 2.19. The molecule has 1 aromatic carbocycles. The molecular weight excluding hydrogens is 314 g/mol. The van der Waals surface area contributed by atoms with E-state index < -0.39 is 11.6 Å². The first-order valence-electron chi connectivity index (χ1n) is 8.71. The Morgan fingerprint density at radius 2 is 1.79 bits per heavy atom. The zero-order valence-electron chi connectivity index (χ0n) is 14.4. The molecule has 1 aliphatic rings. The van der Waals surface area contributed by atoms with Gasteiger partial charge in [0.1, 0.15) is 0 Å². The van der Waals surface area contributed by atoms with Crippen molar-refractivity contribution in [2.75, 3.05) is 19.8 Å². The third-order valence-electron chi connectivity index (χ3n) is 4.00. The van der Waals surface area contributed by atoms with E-state index in [0.717, 1.165) is 25.0 Å². The van der Waals surface area contributed by atoms with E-state index in [1.165, 1.54) is 25.0 Å². The quantitative estimate of drug-likeness (QED) is 0.575. The van der Waals surface area contributed by atoms with Gasteiger partial charge in [0, 0.05) is 12.3 Å². The number of rotatable bonds is 9. The summed E-state index contributed by atoms with van der Waals surface area (Å²) in [6.45, 7) is 5.02. The molecule has 0 fully saturated rings. The van der Waals surface area contributed by atoms with Gasteiger partial charge in [-0.2, -0.15) is 8.78 Å². The molecule has 1 unspecified atom stereocenters. The molecule has 5 heteroatoms. The highest BCUT2D eigenvalue weighted by atomic mass is 19.2. The summed E-state index contributed by atoms with van der Waals surface area (Å²) in [6.07, 6.45) is 7.43. The summed E-state index contributed by atoms with van der Waals surface area (Å²) in [5.74, 6) is -1.01. The number of ether oxygens (including phenoxy) is 3. The van der Waals surface area contributed by atoms with Crippen LogP contribution >= 0.6 is 0 Å². The second-order valence-electron chi connectivity index (χ2n) is 5.97. The summed E-state index contributed by atoms with van der Waals surface area (Å²) in [5, 5.41) is 0. The van der Waals surface area contributed by atoms with E-state index in [0.29, 0.717) is 13.2 Å². The molecule has 0 amide bonds. The van der Waals surface area contributed by atoms with Gasteiger partial charge in [-0.05, 0) is 38.0 Å². The lowest BCUT2D eigenvalue weighted by Crippen LogP contribution is -2.21. The Hall–Kier alpha value is -1.78. The van der Waals surface area contributed by atoms with Crippen molar-refractivity contribution >= 4 is 0 Å². The van der Waals surface area contributed by atoms with Crippen LogP contribution in [0.15, 0.2) is 24.0 Å². The number of benzene rings is 1. The zero-order valence-corrected chi connectivity index (χ0v) is 14.4. The fourth-order valence-corrected chi connectivity index (χ4v) is 2.59. The topological polar surface area (TPSA) is 27.7 Å². The Labute approximate surface area is 142 Å². The lowest BCUT2D eigenvalue weighted by atomic mass is 10.0. The van der Waals surface area contributed by atoms with Crippen molar-refractivity contribution in [2.45, 2.75) is 46.0 Å². The lowest BCUT2D eigenvalue weighted by Gasteiger charge is -2.23. The number of hydrogen-bond acceptors (Lipinski definition) is 3. The Morgan fingerprint density at radius 3 is 2.38 bits per heavy atom. The van der Waals surface area contributed by atoms with E-state index in [1.54, 1.807) is 6.92 Å². The molecule has 24 heavy (non-hydrogen) atoms. The van der Waals surface area contributed by atoms with Crippen LogP contribution in [0.25, 0.3) is 0 Å². The molecule has 0 N–H and O–H groups in total. The fraction of sp³-hybridized carbons (Fsp3) is 0.579. The average Bonchev–Trinajstić information content (AvgIpc) is 2.60. The molecule has 1 atom stereocenters. The maximum Gasteiger partial charge on any atom is 0.204 e. The molecule has 1 aromatic rings. The first-order chi connectivity index (χ1) is 11.7. The molecule has 134 valence electrons. The molecule has 3 nitrogen and oxygen atoms in total. The minimum absolute atomic E-state index is 0.0892. The van der Waals surface area contributed by atoms with Gasteiger partial charge in [0.25, 0.3) is 0 Å². The van der Waals surface area contributed by atoms with Crippen molar-refractivity contribution in [1.29, 1.82) is 0 Å². The monoisotopic (exact) mass is 340 g/mol. The van der Waals surface area contributed by atoms with Gasteiger partial charge in [-0.15, -0.1) is 0 Å². The summed E-state index contributed by atoms with van der Waals surface area (Å²) in [6, 6.07) is 2.79. The van der Waals surface area contributed by atoms with Crippen LogP contribution < -0.4 is 9.47 Å². The maximum atomic E-state index is 14.0. The van der Waals surface area contributed by atoms with Gasteiger partial charge in [-0.3, -0.25) is 0 Å². The van der Waals surface area contributed by atoms with Crippen LogP contribution in [-0.4, -0.2) is 19.8 Å². The normalized spacial score (nSPS) is 17.2. The molecule has 2 rings (SSSR count). The zero-order chi connectivity index (χ0) is 17.4. The number of halogens is 2. The van der Waals surface area contributed by atoms with Crippen LogP contribution in [0.3, 0.4) is 0 Å². The fourth-order valence-electron chi connectivity index (χ4n) is 2.59. The van der Waals surface area contributed by atoms with E-state index >= 15 is 0 Å². The predicted octanol–water partition coefficient (Wildman–Crippen LogP) is 5.24. The number of allylic oxidation sites excluding steroid dienone is 2. The summed E-state index contributed by atoms with van der Waals surface area (Å²) in [7, 11) is 0. The summed E-state index contributed by atoms with van der Waals surface area (Å²) in [5.41, 5.74) is 0. The second-order valence-corrected chi connectivity index (χ2v) is 5.97. The smallest absolute Gasteiger partial charge is 0.204 e.